The highest BCUT2D eigenvalue weighted by atomic mass is 16.6. The minimum absolute atomic E-state index is 0.228. The molecule has 0 aliphatic rings. The number of hydrogen-bond acceptors (Lipinski definition) is 6. The first-order valence-electron chi connectivity index (χ1n) is 14.5. The number of amides is 4. The van der Waals surface area contributed by atoms with Gasteiger partial charge in [-0.15, -0.1) is 0 Å². The molecule has 2 unspecified atom stereocenters. The zero-order valence-corrected chi connectivity index (χ0v) is 25.5. The molecule has 4 amide bonds. The van der Waals surface area contributed by atoms with E-state index in [4.69, 9.17) is 15.2 Å². The molecule has 10 nitrogen and oxygen atoms in total. The highest BCUT2D eigenvalue weighted by molar-refractivity contribution is 5.99. The number of ether oxygens (including phenoxy) is 2. The van der Waals surface area contributed by atoms with Gasteiger partial charge in [-0.3, -0.25) is 14.4 Å². The molecule has 0 aromatic heterocycles. The normalized spacial score (nSPS) is 12.5. The van der Waals surface area contributed by atoms with Gasteiger partial charge in [-0.1, -0.05) is 69.4 Å². The average molecular weight is 583 g/mol. The van der Waals surface area contributed by atoms with Crippen LogP contribution in [0.5, 0.6) is 5.75 Å². The molecule has 2 rings (SSSR count). The molecule has 0 saturated carbocycles. The standard InChI is InChI=1S/C32H46N4O6/c1-6-7-8-9-10-14-21-36(30(39)26(22-27(33)37)35-31(40)42-32(2,3)4)28(23-15-12-11-13-16-23)29(38)34-24-17-19-25(41-5)20-18-24/h11-13,15-20,26,28H,6-10,14,21-22H2,1-5H3,(H2,33,37)(H,34,38)(H,35,40). The van der Waals surface area contributed by atoms with Crippen molar-refractivity contribution < 1.29 is 28.7 Å². The van der Waals surface area contributed by atoms with Crippen LogP contribution in [-0.4, -0.2) is 54.0 Å². The predicted octanol–water partition coefficient (Wildman–Crippen LogP) is 5.33. The van der Waals surface area contributed by atoms with Gasteiger partial charge < -0.3 is 30.7 Å². The topological polar surface area (TPSA) is 140 Å². The molecule has 0 radical (unpaired) electrons. The quantitative estimate of drug-likeness (QED) is 0.229. The summed E-state index contributed by atoms with van der Waals surface area (Å²) in [7, 11) is 1.55. The Morgan fingerprint density at radius 2 is 1.52 bits per heavy atom. The number of nitrogens with two attached hydrogens (primary N) is 1. The van der Waals surface area contributed by atoms with E-state index < -0.39 is 47.9 Å². The van der Waals surface area contributed by atoms with Crippen molar-refractivity contribution in [2.75, 3.05) is 19.0 Å². The molecule has 2 aromatic rings. The maximum absolute atomic E-state index is 14.2. The lowest BCUT2D eigenvalue weighted by molar-refractivity contribution is -0.142. The lowest BCUT2D eigenvalue weighted by Gasteiger charge is -2.34. The smallest absolute Gasteiger partial charge is 0.408 e. The number of alkyl carbamates (subject to hydrolysis) is 1. The number of rotatable bonds is 16. The van der Waals surface area contributed by atoms with Gasteiger partial charge in [0.15, 0.2) is 0 Å². The number of anilines is 1. The predicted molar refractivity (Wildman–Crippen MR) is 163 cm³/mol. The number of unbranched alkanes of at least 4 members (excludes halogenated alkanes) is 5. The van der Waals surface area contributed by atoms with Gasteiger partial charge in [0.05, 0.1) is 13.5 Å². The summed E-state index contributed by atoms with van der Waals surface area (Å²) in [6, 6.07) is 13.4. The van der Waals surface area contributed by atoms with Gasteiger partial charge in [-0.2, -0.15) is 0 Å². The maximum atomic E-state index is 14.2. The summed E-state index contributed by atoms with van der Waals surface area (Å²) in [4.78, 5) is 54.1. The van der Waals surface area contributed by atoms with Crippen LogP contribution in [0.2, 0.25) is 0 Å². The molecule has 0 fully saturated rings. The molecule has 4 N–H and O–H groups in total. The monoisotopic (exact) mass is 582 g/mol. The van der Waals surface area contributed by atoms with Crippen molar-refractivity contribution in [3.05, 3.63) is 60.2 Å². The molecule has 42 heavy (non-hydrogen) atoms. The van der Waals surface area contributed by atoms with Gasteiger partial charge in [0.25, 0.3) is 5.91 Å². The molecule has 0 spiro atoms. The molecule has 0 heterocycles. The fraction of sp³-hybridized carbons (Fsp3) is 0.500. The highest BCUT2D eigenvalue weighted by Crippen LogP contribution is 2.26. The number of nitrogens with zero attached hydrogens (tertiary/aromatic N) is 1. The molecular formula is C32H46N4O6. The fourth-order valence-corrected chi connectivity index (χ4v) is 4.47. The second kappa shape index (κ2) is 17.0. The Morgan fingerprint density at radius 1 is 0.905 bits per heavy atom. The Kier molecular flexibility index (Phi) is 13.8. The van der Waals surface area contributed by atoms with Crippen molar-refractivity contribution >= 4 is 29.5 Å². The summed E-state index contributed by atoms with van der Waals surface area (Å²) in [5.74, 6) is -1.19. The first-order chi connectivity index (χ1) is 19.9. The lowest BCUT2D eigenvalue weighted by Crippen LogP contribution is -2.53. The second-order valence-electron chi connectivity index (χ2n) is 11.2. The third-order valence-corrected chi connectivity index (χ3v) is 6.46. The van der Waals surface area contributed by atoms with E-state index in [9.17, 15) is 19.2 Å². The van der Waals surface area contributed by atoms with Crippen molar-refractivity contribution in [3.63, 3.8) is 0 Å². The van der Waals surface area contributed by atoms with E-state index in [0.29, 0.717) is 23.4 Å². The number of benzene rings is 2. The Balaban J connectivity index is 2.46. The van der Waals surface area contributed by atoms with E-state index in [-0.39, 0.29) is 6.54 Å². The van der Waals surface area contributed by atoms with E-state index in [0.717, 1.165) is 32.1 Å². The largest absolute Gasteiger partial charge is 0.497 e. The molecule has 10 heteroatoms. The van der Waals surface area contributed by atoms with Crippen LogP contribution < -0.4 is 21.1 Å². The van der Waals surface area contributed by atoms with Crippen LogP contribution in [0.1, 0.15) is 84.2 Å². The van der Waals surface area contributed by atoms with Crippen LogP contribution in [0.25, 0.3) is 0 Å². The van der Waals surface area contributed by atoms with Crippen molar-refractivity contribution in [2.45, 2.75) is 90.3 Å². The molecule has 0 aliphatic carbocycles. The van der Waals surface area contributed by atoms with Crippen LogP contribution >= 0.6 is 0 Å². The molecule has 2 aromatic carbocycles. The van der Waals surface area contributed by atoms with Gasteiger partial charge in [-0.05, 0) is 57.0 Å². The highest BCUT2D eigenvalue weighted by Gasteiger charge is 2.36. The summed E-state index contributed by atoms with van der Waals surface area (Å²) >= 11 is 0. The first kappa shape index (κ1) is 34.1. The molecule has 0 aliphatic heterocycles. The Bertz CT molecular complexity index is 1150. The van der Waals surface area contributed by atoms with Crippen molar-refractivity contribution in [2.24, 2.45) is 5.73 Å². The van der Waals surface area contributed by atoms with Crippen molar-refractivity contribution in [1.29, 1.82) is 0 Å². The van der Waals surface area contributed by atoms with Crippen LogP contribution in [0.3, 0.4) is 0 Å². The summed E-state index contributed by atoms with van der Waals surface area (Å²) < 4.78 is 10.6. The zero-order chi connectivity index (χ0) is 31.1. The minimum atomic E-state index is -1.32. The Morgan fingerprint density at radius 3 is 2.10 bits per heavy atom. The van der Waals surface area contributed by atoms with Gasteiger partial charge in [0.2, 0.25) is 11.8 Å². The van der Waals surface area contributed by atoms with Crippen LogP contribution in [-0.2, 0) is 19.1 Å². The van der Waals surface area contributed by atoms with Crippen molar-refractivity contribution in [3.8, 4) is 5.75 Å². The molecule has 0 bridgehead atoms. The summed E-state index contributed by atoms with van der Waals surface area (Å²) in [6.07, 6.45) is 4.47. The first-order valence-corrected chi connectivity index (χ1v) is 14.5. The van der Waals surface area contributed by atoms with Gasteiger partial charge in [-0.25, -0.2) is 4.79 Å². The maximum Gasteiger partial charge on any atom is 0.408 e. The molecule has 230 valence electrons. The lowest BCUT2D eigenvalue weighted by atomic mass is 10.0. The summed E-state index contributed by atoms with van der Waals surface area (Å²) in [5, 5.41) is 5.42. The third kappa shape index (κ3) is 11.8. The van der Waals surface area contributed by atoms with E-state index in [1.165, 1.54) is 4.90 Å². The fourth-order valence-electron chi connectivity index (χ4n) is 4.47. The van der Waals surface area contributed by atoms with Gasteiger partial charge in [0, 0.05) is 12.2 Å². The summed E-state index contributed by atoms with van der Waals surface area (Å²) in [6.45, 7) is 7.44. The van der Waals surface area contributed by atoms with Crippen LogP contribution in [0.4, 0.5) is 10.5 Å². The molecule has 2 atom stereocenters. The van der Waals surface area contributed by atoms with E-state index in [1.807, 2.05) is 6.07 Å². The number of carbonyl (C=O) groups excluding carboxylic acids is 4. The number of nitrogens with one attached hydrogen (secondary N) is 2. The number of methoxy groups -OCH3 is 1. The van der Waals surface area contributed by atoms with Crippen LogP contribution in [0, 0.1) is 0 Å². The Labute approximate surface area is 249 Å². The van der Waals surface area contributed by atoms with Gasteiger partial charge >= 0.3 is 6.09 Å². The molecular weight excluding hydrogens is 536 g/mol. The minimum Gasteiger partial charge on any atom is -0.497 e. The van der Waals surface area contributed by atoms with E-state index in [2.05, 4.69) is 17.6 Å². The van der Waals surface area contributed by atoms with Gasteiger partial charge in [0.1, 0.15) is 23.4 Å². The molecule has 0 saturated heterocycles. The number of hydrogen-bond donors (Lipinski definition) is 3. The summed E-state index contributed by atoms with van der Waals surface area (Å²) in [5.41, 5.74) is 5.76. The van der Waals surface area contributed by atoms with Crippen molar-refractivity contribution in [1.82, 2.24) is 10.2 Å². The van der Waals surface area contributed by atoms with E-state index in [1.54, 1.807) is 76.4 Å². The number of primary amides is 1. The Hall–Kier alpha value is -4.08. The average Bonchev–Trinajstić information content (AvgIpc) is 2.93. The third-order valence-electron chi connectivity index (χ3n) is 6.46. The van der Waals surface area contributed by atoms with E-state index >= 15 is 0 Å². The second-order valence-corrected chi connectivity index (χ2v) is 11.2. The zero-order valence-electron chi connectivity index (χ0n) is 25.5. The number of carbonyl (C=O) groups is 4. The SMILES string of the molecule is CCCCCCCCN(C(=O)C(CC(N)=O)NC(=O)OC(C)(C)C)C(C(=O)Nc1ccc(OC)cc1)c1ccccc1. The van der Waals surface area contributed by atoms with Crippen LogP contribution in [0.15, 0.2) is 54.6 Å².